The second kappa shape index (κ2) is 5.48. The normalized spacial score (nSPS) is 11.9. The Bertz CT molecular complexity index is 844. The Morgan fingerprint density at radius 3 is 2.45 bits per heavy atom. The highest BCUT2D eigenvalue weighted by Crippen LogP contribution is 2.26. The third-order valence-electron chi connectivity index (χ3n) is 3.04. The first kappa shape index (κ1) is 16.1. The number of carboxylic acid groups (broad SMARTS) is 1. The molecule has 0 aliphatic carbocycles. The summed E-state index contributed by atoms with van der Waals surface area (Å²) < 4.78 is 52.1. The van der Waals surface area contributed by atoms with Gasteiger partial charge in [0.2, 0.25) is 0 Å². The summed E-state index contributed by atoms with van der Waals surface area (Å²) in [4.78, 5) is 10.7. The zero-order chi connectivity index (χ0) is 16.7. The van der Waals surface area contributed by atoms with Crippen LogP contribution < -0.4 is 0 Å². The van der Waals surface area contributed by atoms with E-state index < -0.39 is 38.4 Å². The Hall–Kier alpha value is -2.29. The van der Waals surface area contributed by atoms with Gasteiger partial charge < -0.3 is 5.11 Å². The number of carboxylic acids is 1. The molecule has 22 heavy (non-hydrogen) atoms. The fraction of sp³-hybridized carbons (Fsp3) is 0.231. The zero-order valence-corrected chi connectivity index (χ0v) is 12.4. The topological polar surface area (TPSA) is 89.3 Å². The van der Waals surface area contributed by atoms with Crippen molar-refractivity contribution < 1.29 is 27.1 Å². The third kappa shape index (κ3) is 2.59. The number of nitrogens with zero attached hydrogens (tertiary/aromatic N) is 2. The maximum Gasteiger partial charge on any atom is 0.338 e. The van der Waals surface area contributed by atoms with E-state index in [4.69, 9.17) is 5.11 Å². The van der Waals surface area contributed by atoms with Gasteiger partial charge in [-0.25, -0.2) is 22.0 Å². The van der Waals surface area contributed by atoms with Crippen LogP contribution in [-0.4, -0.2) is 33.9 Å². The lowest BCUT2D eigenvalue weighted by Gasteiger charge is -2.07. The zero-order valence-electron chi connectivity index (χ0n) is 11.6. The molecule has 1 heterocycles. The van der Waals surface area contributed by atoms with Gasteiger partial charge in [-0.2, -0.15) is 9.19 Å². The summed E-state index contributed by atoms with van der Waals surface area (Å²) in [6.45, 7) is 2.91. The highest BCUT2D eigenvalue weighted by atomic mass is 32.2. The van der Waals surface area contributed by atoms with Crippen molar-refractivity contribution >= 4 is 16.0 Å². The lowest BCUT2D eigenvalue weighted by atomic mass is 10.1. The van der Waals surface area contributed by atoms with Gasteiger partial charge in [-0.3, -0.25) is 0 Å². The van der Waals surface area contributed by atoms with Gasteiger partial charge in [0.1, 0.15) is 0 Å². The van der Waals surface area contributed by atoms with Crippen LogP contribution in [0.15, 0.2) is 24.5 Å². The van der Waals surface area contributed by atoms with Crippen molar-refractivity contribution in [1.29, 1.82) is 0 Å². The van der Waals surface area contributed by atoms with E-state index in [2.05, 4.69) is 5.10 Å². The molecule has 9 heteroatoms. The maximum atomic E-state index is 13.9. The van der Waals surface area contributed by atoms with E-state index in [9.17, 15) is 22.0 Å². The summed E-state index contributed by atoms with van der Waals surface area (Å²) in [6, 6.07) is 1.97. The minimum absolute atomic E-state index is 0.0255. The molecule has 0 saturated heterocycles. The van der Waals surface area contributed by atoms with E-state index in [0.29, 0.717) is 4.09 Å². The van der Waals surface area contributed by atoms with E-state index in [0.717, 1.165) is 24.5 Å². The minimum Gasteiger partial charge on any atom is -0.478 e. The van der Waals surface area contributed by atoms with Crippen LogP contribution in [0.4, 0.5) is 8.78 Å². The molecule has 0 saturated carbocycles. The molecule has 118 valence electrons. The summed E-state index contributed by atoms with van der Waals surface area (Å²) in [7, 11) is -3.71. The maximum absolute atomic E-state index is 13.9. The average Bonchev–Trinajstić information content (AvgIpc) is 2.91. The van der Waals surface area contributed by atoms with Gasteiger partial charge in [-0.15, -0.1) is 0 Å². The summed E-state index contributed by atoms with van der Waals surface area (Å²) in [5.74, 6) is -4.48. The first-order chi connectivity index (χ1) is 10.2. The molecule has 6 nitrogen and oxygen atoms in total. The first-order valence-electron chi connectivity index (χ1n) is 6.17. The molecule has 1 N–H and O–H groups in total. The molecule has 1 aromatic carbocycles. The highest BCUT2D eigenvalue weighted by molar-refractivity contribution is 7.90. The van der Waals surface area contributed by atoms with Gasteiger partial charge in [-0.1, -0.05) is 6.07 Å². The van der Waals surface area contributed by atoms with Gasteiger partial charge in [0.15, 0.2) is 11.6 Å². The monoisotopic (exact) mass is 330 g/mol. The number of aromatic nitrogens is 2. The van der Waals surface area contributed by atoms with Crippen LogP contribution in [0.2, 0.25) is 0 Å². The molecule has 0 aliphatic rings. The van der Waals surface area contributed by atoms with Crippen molar-refractivity contribution in [3.63, 3.8) is 0 Å². The summed E-state index contributed by atoms with van der Waals surface area (Å²) in [6.07, 6.45) is 2.12. The van der Waals surface area contributed by atoms with Crippen LogP contribution in [0, 0.1) is 11.6 Å². The molecular weight excluding hydrogens is 318 g/mol. The largest absolute Gasteiger partial charge is 0.478 e. The van der Waals surface area contributed by atoms with E-state index in [-0.39, 0.29) is 11.1 Å². The minimum atomic E-state index is -3.71. The molecule has 2 rings (SSSR count). The Labute approximate surface area is 125 Å². The molecule has 2 aromatic rings. The second-order valence-electron chi connectivity index (χ2n) is 4.79. The molecule has 0 radical (unpaired) electrons. The van der Waals surface area contributed by atoms with Gasteiger partial charge in [0.25, 0.3) is 10.0 Å². The summed E-state index contributed by atoms with van der Waals surface area (Å²) in [5.41, 5.74) is -1.05. The Morgan fingerprint density at radius 2 is 1.91 bits per heavy atom. The van der Waals surface area contributed by atoms with Crippen molar-refractivity contribution in [3.05, 3.63) is 41.7 Å². The van der Waals surface area contributed by atoms with Gasteiger partial charge >= 0.3 is 5.97 Å². The number of carbonyl (C=O) groups is 1. The van der Waals surface area contributed by atoms with E-state index in [1.807, 2.05) is 0 Å². The van der Waals surface area contributed by atoms with Crippen molar-refractivity contribution in [2.24, 2.45) is 0 Å². The fourth-order valence-electron chi connectivity index (χ4n) is 1.74. The molecule has 0 fully saturated rings. The first-order valence-corrected chi connectivity index (χ1v) is 7.67. The molecule has 0 spiro atoms. The van der Waals surface area contributed by atoms with Crippen molar-refractivity contribution in [3.8, 4) is 11.1 Å². The third-order valence-corrected chi connectivity index (χ3v) is 4.95. The number of hydrogen-bond acceptors (Lipinski definition) is 4. The standard InChI is InChI=1S/C13H12F2N2O4S/c1-7(2)22(20,21)17-6-8(5-16-17)9-3-4-10(13(18)19)12(15)11(9)14/h3-7H,1-2H3,(H,18,19). The molecular formula is C13H12F2N2O4S. The smallest absolute Gasteiger partial charge is 0.338 e. The predicted molar refractivity (Wildman–Crippen MR) is 74.0 cm³/mol. The molecule has 0 aliphatic heterocycles. The van der Waals surface area contributed by atoms with E-state index in [1.165, 1.54) is 13.8 Å². The fourth-order valence-corrected chi connectivity index (χ4v) is 2.61. The van der Waals surface area contributed by atoms with Crippen LogP contribution >= 0.6 is 0 Å². The molecule has 0 amide bonds. The number of aromatic carboxylic acids is 1. The van der Waals surface area contributed by atoms with E-state index >= 15 is 0 Å². The summed E-state index contributed by atoms with van der Waals surface area (Å²) in [5, 5.41) is 11.6. The van der Waals surface area contributed by atoms with E-state index in [1.54, 1.807) is 0 Å². The van der Waals surface area contributed by atoms with Crippen molar-refractivity contribution in [2.45, 2.75) is 19.1 Å². The Kier molecular flexibility index (Phi) is 4.01. The Balaban J connectivity index is 2.54. The SMILES string of the molecule is CC(C)S(=O)(=O)n1cc(-c2ccc(C(=O)O)c(F)c2F)cn1. The lowest BCUT2D eigenvalue weighted by molar-refractivity contribution is 0.0690. The Morgan fingerprint density at radius 1 is 1.27 bits per heavy atom. The summed E-state index contributed by atoms with van der Waals surface area (Å²) >= 11 is 0. The van der Waals surface area contributed by atoms with Crippen LogP contribution in [-0.2, 0) is 10.0 Å². The van der Waals surface area contributed by atoms with Crippen molar-refractivity contribution in [2.75, 3.05) is 0 Å². The quantitative estimate of drug-likeness (QED) is 0.927. The average molecular weight is 330 g/mol. The predicted octanol–water partition coefficient (Wildman–Crippen LogP) is 2.11. The second-order valence-corrected chi connectivity index (χ2v) is 7.14. The van der Waals surface area contributed by atoms with Crippen LogP contribution in [0.5, 0.6) is 0 Å². The molecule has 0 atom stereocenters. The van der Waals surface area contributed by atoms with Crippen LogP contribution in [0.1, 0.15) is 24.2 Å². The molecule has 0 bridgehead atoms. The highest BCUT2D eigenvalue weighted by Gasteiger charge is 2.23. The van der Waals surface area contributed by atoms with Crippen molar-refractivity contribution in [1.82, 2.24) is 9.19 Å². The molecule has 0 unspecified atom stereocenters. The van der Waals surface area contributed by atoms with Crippen LogP contribution in [0.25, 0.3) is 11.1 Å². The van der Waals surface area contributed by atoms with Gasteiger partial charge in [0.05, 0.1) is 23.2 Å². The lowest BCUT2D eigenvalue weighted by Crippen LogP contribution is -2.22. The number of benzene rings is 1. The van der Waals surface area contributed by atoms with Gasteiger partial charge in [0, 0.05) is 11.1 Å². The molecule has 1 aromatic heterocycles. The number of rotatable bonds is 4. The van der Waals surface area contributed by atoms with Crippen LogP contribution in [0.3, 0.4) is 0 Å². The number of halogens is 2. The van der Waals surface area contributed by atoms with Gasteiger partial charge in [-0.05, 0) is 19.9 Å². The number of hydrogen-bond donors (Lipinski definition) is 1.